The van der Waals surface area contributed by atoms with E-state index in [1.807, 2.05) is 18.4 Å². The van der Waals surface area contributed by atoms with Gasteiger partial charge in [0.1, 0.15) is 23.2 Å². The Kier molecular flexibility index (Phi) is 3.19. The molecule has 1 aromatic heterocycles. The number of nitrogens with zero attached hydrogens (tertiary/aromatic N) is 2. The van der Waals surface area contributed by atoms with Crippen LogP contribution in [0.1, 0.15) is 12.7 Å². The monoisotopic (exact) mass is 297 g/mol. The maximum Gasteiger partial charge on any atom is 0.133 e. The number of nitrogen functional groups attached to an aromatic ring is 1. The van der Waals surface area contributed by atoms with Gasteiger partial charge in [-0.1, -0.05) is 15.9 Å². The molecule has 0 amide bonds. The normalized spacial score (nSPS) is 10.8. The van der Waals surface area contributed by atoms with Gasteiger partial charge in [0.15, 0.2) is 0 Å². The molecule has 2 N–H and O–H groups in total. The van der Waals surface area contributed by atoms with Gasteiger partial charge in [-0.2, -0.15) is 0 Å². The average Bonchev–Trinajstić information content (AvgIpc) is 2.54. The van der Waals surface area contributed by atoms with Crippen LogP contribution < -0.4 is 5.73 Å². The molecule has 0 fully saturated rings. The van der Waals surface area contributed by atoms with Crippen LogP contribution in [-0.4, -0.2) is 9.55 Å². The second kappa shape index (κ2) is 4.49. The second-order valence-electron chi connectivity index (χ2n) is 3.76. The number of imidazole rings is 1. The van der Waals surface area contributed by atoms with Crippen LogP contribution in [-0.2, 0) is 6.54 Å². The predicted molar refractivity (Wildman–Crippen MR) is 70.1 cm³/mol. The molecule has 0 radical (unpaired) electrons. The second-order valence-corrected chi connectivity index (χ2v) is 4.68. The molecule has 3 nitrogen and oxygen atoms in total. The minimum atomic E-state index is -0.327. The third kappa shape index (κ3) is 2.07. The van der Waals surface area contributed by atoms with Gasteiger partial charge < -0.3 is 10.3 Å². The zero-order valence-electron chi connectivity index (χ0n) is 9.67. The molecule has 90 valence electrons. The quantitative estimate of drug-likeness (QED) is 0.924. The molecule has 0 saturated heterocycles. The lowest BCUT2D eigenvalue weighted by Crippen LogP contribution is -2.02. The molecule has 1 heterocycles. The zero-order chi connectivity index (χ0) is 12.6. The van der Waals surface area contributed by atoms with Crippen LogP contribution in [0.2, 0.25) is 0 Å². The molecule has 0 saturated carbocycles. The van der Waals surface area contributed by atoms with Crippen LogP contribution >= 0.6 is 15.9 Å². The highest BCUT2D eigenvalue weighted by Crippen LogP contribution is 2.29. The Bertz CT molecular complexity index is 563. The van der Waals surface area contributed by atoms with Crippen molar-refractivity contribution in [1.29, 1.82) is 0 Å². The van der Waals surface area contributed by atoms with Gasteiger partial charge in [-0.05, 0) is 32.0 Å². The van der Waals surface area contributed by atoms with E-state index in [0.717, 1.165) is 12.4 Å². The minimum Gasteiger partial charge on any atom is -0.383 e. The van der Waals surface area contributed by atoms with E-state index < -0.39 is 0 Å². The number of aromatic nitrogens is 2. The van der Waals surface area contributed by atoms with Crippen molar-refractivity contribution in [1.82, 2.24) is 9.55 Å². The van der Waals surface area contributed by atoms with Gasteiger partial charge in [-0.15, -0.1) is 0 Å². The first-order valence-corrected chi connectivity index (χ1v) is 6.12. The summed E-state index contributed by atoms with van der Waals surface area (Å²) in [7, 11) is 0. The summed E-state index contributed by atoms with van der Waals surface area (Å²) in [6, 6.07) is 4.87. The van der Waals surface area contributed by atoms with Gasteiger partial charge >= 0.3 is 0 Å². The number of benzene rings is 1. The van der Waals surface area contributed by atoms with E-state index in [2.05, 4.69) is 20.9 Å². The Morgan fingerprint density at radius 3 is 2.71 bits per heavy atom. The third-order valence-electron chi connectivity index (χ3n) is 2.70. The molecular weight excluding hydrogens is 285 g/mol. The van der Waals surface area contributed by atoms with Crippen LogP contribution in [0.3, 0.4) is 0 Å². The molecule has 1 aromatic carbocycles. The number of nitrogens with two attached hydrogens (primary N) is 1. The smallest absolute Gasteiger partial charge is 0.133 e. The highest BCUT2D eigenvalue weighted by molar-refractivity contribution is 9.10. The van der Waals surface area contributed by atoms with E-state index >= 15 is 0 Å². The highest BCUT2D eigenvalue weighted by Gasteiger charge is 2.15. The molecule has 17 heavy (non-hydrogen) atoms. The van der Waals surface area contributed by atoms with E-state index in [9.17, 15) is 4.39 Å². The standard InChI is InChI=1S/C12H13BrFN3/c1-3-17-7(2)16-11(12(17)15)9-5-4-8(13)6-10(9)14/h4-6H,3,15H2,1-2H3. The summed E-state index contributed by atoms with van der Waals surface area (Å²) < 4.78 is 16.4. The number of aryl methyl sites for hydroxylation is 1. The van der Waals surface area contributed by atoms with Crippen molar-refractivity contribution >= 4 is 21.7 Å². The zero-order valence-corrected chi connectivity index (χ0v) is 11.3. The minimum absolute atomic E-state index is 0.327. The average molecular weight is 298 g/mol. The topological polar surface area (TPSA) is 43.8 Å². The molecule has 0 aliphatic rings. The third-order valence-corrected chi connectivity index (χ3v) is 3.19. The SMILES string of the molecule is CCn1c(C)nc(-c2ccc(Br)cc2F)c1N. The summed E-state index contributed by atoms with van der Waals surface area (Å²) in [6.45, 7) is 4.57. The van der Waals surface area contributed by atoms with Gasteiger partial charge in [-0.3, -0.25) is 0 Å². The van der Waals surface area contributed by atoms with Crippen molar-refractivity contribution in [3.63, 3.8) is 0 Å². The van der Waals surface area contributed by atoms with Gasteiger partial charge in [-0.25, -0.2) is 9.37 Å². The van der Waals surface area contributed by atoms with Crippen LogP contribution in [0.4, 0.5) is 10.2 Å². The van der Waals surface area contributed by atoms with E-state index in [-0.39, 0.29) is 5.82 Å². The molecule has 0 aliphatic carbocycles. The van der Waals surface area contributed by atoms with E-state index in [4.69, 9.17) is 5.73 Å². The molecule has 5 heteroatoms. The van der Waals surface area contributed by atoms with Gasteiger partial charge in [0.25, 0.3) is 0 Å². The summed E-state index contributed by atoms with van der Waals surface area (Å²) in [4.78, 5) is 4.32. The first-order chi connectivity index (χ1) is 8.04. The van der Waals surface area contributed by atoms with Crippen LogP contribution in [0.5, 0.6) is 0 Å². The van der Waals surface area contributed by atoms with Crippen molar-refractivity contribution in [2.45, 2.75) is 20.4 Å². The molecular formula is C12H13BrFN3. The van der Waals surface area contributed by atoms with Crippen molar-refractivity contribution in [2.24, 2.45) is 0 Å². The molecule has 0 unspecified atom stereocenters. The molecule has 0 spiro atoms. The summed E-state index contributed by atoms with van der Waals surface area (Å²) >= 11 is 3.22. The molecule has 0 bridgehead atoms. The first kappa shape index (κ1) is 12.1. The molecule has 2 rings (SSSR count). The predicted octanol–water partition coefficient (Wildman–Crippen LogP) is 3.36. The Balaban J connectivity index is 2.61. The Hall–Kier alpha value is -1.36. The first-order valence-electron chi connectivity index (χ1n) is 5.32. The summed E-state index contributed by atoms with van der Waals surface area (Å²) in [5, 5.41) is 0. The number of hydrogen-bond donors (Lipinski definition) is 1. The van der Waals surface area contributed by atoms with Crippen molar-refractivity contribution in [3.05, 3.63) is 34.3 Å². The number of anilines is 1. The maximum absolute atomic E-state index is 13.8. The lowest BCUT2D eigenvalue weighted by Gasteiger charge is -2.04. The Morgan fingerprint density at radius 2 is 2.18 bits per heavy atom. The highest BCUT2D eigenvalue weighted by atomic mass is 79.9. The number of hydrogen-bond acceptors (Lipinski definition) is 2. The lowest BCUT2D eigenvalue weighted by molar-refractivity contribution is 0.630. The lowest BCUT2D eigenvalue weighted by atomic mass is 10.1. The van der Waals surface area contributed by atoms with Crippen LogP contribution in [0, 0.1) is 12.7 Å². The Labute approximate surface area is 108 Å². The summed E-state index contributed by atoms with van der Waals surface area (Å²) in [6.07, 6.45) is 0. The summed E-state index contributed by atoms with van der Waals surface area (Å²) in [5.74, 6) is 0.973. The van der Waals surface area contributed by atoms with Gasteiger partial charge in [0.2, 0.25) is 0 Å². The largest absolute Gasteiger partial charge is 0.383 e. The van der Waals surface area contributed by atoms with Crippen molar-refractivity contribution < 1.29 is 4.39 Å². The fraction of sp³-hybridized carbons (Fsp3) is 0.250. The van der Waals surface area contributed by atoms with E-state index in [0.29, 0.717) is 21.5 Å². The van der Waals surface area contributed by atoms with E-state index in [1.54, 1.807) is 12.1 Å². The van der Waals surface area contributed by atoms with Gasteiger partial charge in [0, 0.05) is 16.6 Å². The maximum atomic E-state index is 13.8. The van der Waals surface area contributed by atoms with Gasteiger partial charge in [0.05, 0.1) is 0 Å². The fourth-order valence-electron chi connectivity index (χ4n) is 1.86. The van der Waals surface area contributed by atoms with Crippen LogP contribution in [0.15, 0.2) is 22.7 Å². The van der Waals surface area contributed by atoms with Crippen molar-refractivity contribution in [2.75, 3.05) is 5.73 Å². The molecule has 0 atom stereocenters. The molecule has 2 aromatic rings. The van der Waals surface area contributed by atoms with E-state index in [1.165, 1.54) is 6.07 Å². The summed E-state index contributed by atoms with van der Waals surface area (Å²) in [5.41, 5.74) is 6.92. The van der Waals surface area contributed by atoms with Crippen molar-refractivity contribution in [3.8, 4) is 11.3 Å². The Morgan fingerprint density at radius 1 is 1.47 bits per heavy atom. The fourth-order valence-corrected chi connectivity index (χ4v) is 2.19. The number of halogens is 2. The van der Waals surface area contributed by atoms with Crippen LogP contribution in [0.25, 0.3) is 11.3 Å². The number of rotatable bonds is 2. The molecule has 0 aliphatic heterocycles.